The van der Waals surface area contributed by atoms with Gasteiger partial charge in [0.2, 0.25) is 5.91 Å². The first-order chi connectivity index (χ1) is 17.0. The number of pyridine rings is 1. The molecule has 1 aromatic heterocycles. The van der Waals surface area contributed by atoms with Gasteiger partial charge in [0.25, 0.3) is 5.56 Å². The lowest BCUT2D eigenvalue weighted by molar-refractivity contribution is -0.118. The Labute approximate surface area is 202 Å². The van der Waals surface area contributed by atoms with Crippen molar-refractivity contribution in [3.05, 3.63) is 100 Å². The van der Waals surface area contributed by atoms with Crippen LogP contribution >= 0.6 is 0 Å². The van der Waals surface area contributed by atoms with Crippen LogP contribution in [0.4, 0.5) is 14.9 Å². The van der Waals surface area contributed by atoms with Crippen LogP contribution < -0.4 is 16.2 Å². The molecule has 35 heavy (non-hydrogen) atoms. The topological polar surface area (TPSA) is 83.4 Å². The van der Waals surface area contributed by atoms with Gasteiger partial charge in [0.05, 0.1) is 0 Å². The zero-order valence-electron chi connectivity index (χ0n) is 19.2. The van der Waals surface area contributed by atoms with E-state index in [-0.39, 0.29) is 23.4 Å². The van der Waals surface area contributed by atoms with Crippen molar-refractivity contribution >= 4 is 17.6 Å². The molecule has 0 spiro atoms. The summed E-state index contributed by atoms with van der Waals surface area (Å²) in [7, 11) is 0. The van der Waals surface area contributed by atoms with Gasteiger partial charge in [0, 0.05) is 49.4 Å². The third-order valence-electron chi connectivity index (χ3n) is 6.76. The van der Waals surface area contributed by atoms with Crippen molar-refractivity contribution < 1.29 is 14.0 Å². The Morgan fingerprint density at radius 1 is 0.971 bits per heavy atom. The number of carbonyl (C=O) groups excluding carboxylic acids is 2. The number of fused-ring (bicyclic) bond motifs is 4. The molecule has 1 saturated heterocycles. The normalized spacial score (nSPS) is 19.4. The lowest BCUT2D eigenvalue weighted by atomic mass is 9.83. The number of carbonyl (C=O) groups is 2. The van der Waals surface area contributed by atoms with Crippen molar-refractivity contribution in [1.82, 2.24) is 14.8 Å². The minimum atomic E-state index is -0.843. The summed E-state index contributed by atoms with van der Waals surface area (Å²) in [5, 5.41) is 5.63. The number of nitrogens with zero attached hydrogens (tertiary/aromatic N) is 2. The molecule has 180 valence electrons. The fourth-order valence-electron chi connectivity index (χ4n) is 5.16. The zero-order chi connectivity index (χ0) is 24.4. The smallest absolute Gasteiger partial charge is 0.318 e. The molecule has 8 heteroatoms. The monoisotopic (exact) mass is 474 g/mol. The molecule has 2 aliphatic heterocycles. The number of amides is 3. The molecule has 3 amide bonds. The summed E-state index contributed by atoms with van der Waals surface area (Å²) in [6, 6.07) is 19.2. The van der Waals surface area contributed by atoms with Crippen molar-refractivity contribution in [3.63, 3.8) is 0 Å². The molecule has 0 saturated carbocycles. The molecule has 7 nitrogen and oxygen atoms in total. The molecule has 5 rings (SSSR count). The largest absolute Gasteiger partial charge is 0.326 e. The zero-order valence-corrected chi connectivity index (χ0v) is 19.2. The minimum Gasteiger partial charge on any atom is -0.326 e. The highest BCUT2D eigenvalue weighted by atomic mass is 19.1. The second kappa shape index (κ2) is 9.74. The molecule has 2 aromatic carbocycles. The van der Waals surface area contributed by atoms with E-state index in [9.17, 15) is 18.8 Å². The first kappa shape index (κ1) is 22.8. The van der Waals surface area contributed by atoms with Crippen LogP contribution in [0, 0.1) is 11.7 Å². The highest BCUT2D eigenvalue weighted by molar-refractivity contribution is 5.97. The molecule has 2 bridgehead atoms. The van der Waals surface area contributed by atoms with Gasteiger partial charge in [-0.1, -0.05) is 42.5 Å². The van der Waals surface area contributed by atoms with E-state index in [0.29, 0.717) is 31.7 Å². The van der Waals surface area contributed by atoms with E-state index < -0.39 is 17.8 Å². The van der Waals surface area contributed by atoms with Gasteiger partial charge < -0.3 is 20.1 Å². The van der Waals surface area contributed by atoms with Gasteiger partial charge in [-0.15, -0.1) is 0 Å². The SMILES string of the molecule is O=C(Nc1cccc(F)c1)[C@H](Cc1ccccc1)NC(=O)N1C[C@@H]2C[C@H](C1)c1cccc(=O)n1C2. The van der Waals surface area contributed by atoms with E-state index in [1.165, 1.54) is 18.2 Å². The maximum Gasteiger partial charge on any atom is 0.318 e. The molecule has 1 fully saturated rings. The van der Waals surface area contributed by atoms with Crippen molar-refractivity contribution in [2.45, 2.75) is 31.3 Å². The molecule has 0 unspecified atom stereocenters. The Hall–Kier alpha value is -3.94. The van der Waals surface area contributed by atoms with Gasteiger partial charge in [0.15, 0.2) is 0 Å². The number of hydrogen-bond donors (Lipinski definition) is 2. The molecular formula is C27H27FN4O3. The highest BCUT2D eigenvalue weighted by Crippen LogP contribution is 2.34. The van der Waals surface area contributed by atoms with Gasteiger partial charge in [-0.05, 0) is 42.2 Å². The summed E-state index contributed by atoms with van der Waals surface area (Å²) in [6.45, 7) is 1.59. The molecule has 3 aromatic rings. The third-order valence-corrected chi connectivity index (χ3v) is 6.76. The minimum absolute atomic E-state index is 0.00736. The van der Waals surface area contributed by atoms with Crippen molar-refractivity contribution in [1.29, 1.82) is 0 Å². The fourth-order valence-corrected chi connectivity index (χ4v) is 5.16. The van der Waals surface area contributed by atoms with E-state index in [1.54, 1.807) is 23.1 Å². The quantitative estimate of drug-likeness (QED) is 0.595. The maximum atomic E-state index is 13.6. The predicted octanol–water partition coefficient (Wildman–Crippen LogP) is 3.37. The number of benzene rings is 2. The first-order valence-corrected chi connectivity index (χ1v) is 11.8. The van der Waals surface area contributed by atoms with Crippen LogP contribution in [0.5, 0.6) is 0 Å². The molecule has 2 N–H and O–H groups in total. The highest BCUT2D eigenvalue weighted by Gasteiger charge is 2.37. The van der Waals surface area contributed by atoms with E-state index in [1.807, 2.05) is 41.0 Å². The number of rotatable bonds is 5. The van der Waals surface area contributed by atoms with E-state index in [0.717, 1.165) is 17.7 Å². The standard InChI is InChI=1S/C27H27FN4O3/c28-21-8-4-9-22(14-21)29-26(34)23(13-18-6-2-1-3-7-18)30-27(35)31-15-19-12-20(17-31)24-10-5-11-25(33)32(24)16-19/h1-11,14,19-20,23H,12-13,15-17H2,(H,29,34)(H,30,35)/t19-,20+,23-/m0/s1. The van der Waals surface area contributed by atoms with Crippen LogP contribution in [-0.2, 0) is 17.8 Å². The average Bonchev–Trinajstić information content (AvgIpc) is 2.85. The second-order valence-corrected chi connectivity index (χ2v) is 9.29. The van der Waals surface area contributed by atoms with Gasteiger partial charge in [-0.25, -0.2) is 9.18 Å². The van der Waals surface area contributed by atoms with Crippen molar-refractivity contribution in [2.24, 2.45) is 5.92 Å². The van der Waals surface area contributed by atoms with Crippen LogP contribution in [0.15, 0.2) is 77.6 Å². The fraction of sp³-hybridized carbons (Fsp3) is 0.296. The number of anilines is 1. The number of piperidine rings is 1. The Morgan fingerprint density at radius 2 is 1.77 bits per heavy atom. The summed E-state index contributed by atoms with van der Waals surface area (Å²) in [4.78, 5) is 40.5. The summed E-state index contributed by atoms with van der Waals surface area (Å²) >= 11 is 0. The summed E-state index contributed by atoms with van der Waals surface area (Å²) in [5.74, 6) is -0.607. The number of hydrogen-bond acceptors (Lipinski definition) is 3. The van der Waals surface area contributed by atoms with E-state index in [2.05, 4.69) is 10.6 Å². The second-order valence-electron chi connectivity index (χ2n) is 9.29. The van der Waals surface area contributed by atoms with Crippen LogP contribution in [0.2, 0.25) is 0 Å². The average molecular weight is 475 g/mol. The van der Waals surface area contributed by atoms with Crippen LogP contribution in [0.25, 0.3) is 0 Å². The molecule has 0 aliphatic carbocycles. The Morgan fingerprint density at radius 3 is 2.57 bits per heavy atom. The lowest BCUT2D eigenvalue weighted by Gasteiger charge is -2.43. The summed E-state index contributed by atoms with van der Waals surface area (Å²) in [6.07, 6.45) is 1.23. The van der Waals surface area contributed by atoms with E-state index >= 15 is 0 Å². The van der Waals surface area contributed by atoms with Crippen LogP contribution in [-0.4, -0.2) is 40.5 Å². The number of likely N-dealkylation sites (tertiary alicyclic amines) is 1. The Bertz CT molecular complexity index is 1290. The first-order valence-electron chi connectivity index (χ1n) is 11.8. The van der Waals surface area contributed by atoms with Gasteiger partial charge >= 0.3 is 6.03 Å². The van der Waals surface area contributed by atoms with Crippen molar-refractivity contribution in [3.8, 4) is 0 Å². The molecular weight excluding hydrogens is 447 g/mol. The number of nitrogens with one attached hydrogen (secondary N) is 2. The maximum absolute atomic E-state index is 13.6. The van der Waals surface area contributed by atoms with Gasteiger partial charge in [0.1, 0.15) is 11.9 Å². The Balaban J connectivity index is 1.32. The van der Waals surface area contributed by atoms with Crippen molar-refractivity contribution in [2.75, 3.05) is 18.4 Å². The summed E-state index contributed by atoms with van der Waals surface area (Å²) < 4.78 is 15.4. The van der Waals surface area contributed by atoms with Crippen LogP contribution in [0.1, 0.15) is 23.6 Å². The third kappa shape index (κ3) is 5.11. The van der Waals surface area contributed by atoms with E-state index in [4.69, 9.17) is 0 Å². The van der Waals surface area contributed by atoms with Gasteiger partial charge in [-0.2, -0.15) is 0 Å². The number of aromatic nitrogens is 1. The molecule has 3 heterocycles. The molecule has 3 atom stereocenters. The number of halogens is 1. The van der Waals surface area contributed by atoms with Crippen LogP contribution in [0.3, 0.4) is 0 Å². The number of urea groups is 1. The predicted molar refractivity (Wildman–Crippen MR) is 131 cm³/mol. The Kier molecular flexibility index (Phi) is 6.35. The molecule has 0 radical (unpaired) electrons. The van der Waals surface area contributed by atoms with Gasteiger partial charge in [-0.3, -0.25) is 9.59 Å². The lowest BCUT2D eigenvalue weighted by Crippen LogP contribution is -2.55. The molecule has 2 aliphatic rings. The summed E-state index contributed by atoms with van der Waals surface area (Å²) in [5.41, 5.74) is 2.18.